The third kappa shape index (κ3) is 13.6. The average molecular weight is 1210 g/mol. The van der Waals surface area contributed by atoms with Crippen LogP contribution < -0.4 is 41.8 Å². The lowest BCUT2D eigenvalue weighted by molar-refractivity contribution is -0.153. The molecular weight excluding hydrogens is 1150 g/mol. The lowest BCUT2D eigenvalue weighted by Crippen LogP contribution is -2.48. The molecule has 0 radical (unpaired) electrons. The number of aromatic nitrogens is 6. The van der Waals surface area contributed by atoms with Crippen LogP contribution in [0, 0.1) is 24.7 Å². The van der Waals surface area contributed by atoms with Gasteiger partial charge in [-0.05, 0) is 99.9 Å². The standard InChI is InChI=1S/C52H63N9O17P2S2/c1-7-16-35(46(67)73-29(4)5)59-80(82,72-27-37-41(63)51(69,8-2)47(75-37)60-24-23-39(62)55-50(60)68)78-33-20-15-17-31(25-33)34-21-13-14-22-36(34)74-45(66)30(6)58-79(81,77-32-18-11-10-12-19-32)71-26-38-42(64)52(70,9-3)48(76-38)61-28-54-40-43(61)56-49(53)57-44(40)65/h2-3,10-12,15,17-20,23-25,28-30,34-38,41-42,47-48,63-64,69-70H,7,13-14,16,21-22,26-27H2,1,4-6H3,(H,58,81)(H,59,82)(H,55,62,68)(H3,53,56,57,65). The number of para-hydroxylation sites is 1. The van der Waals surface area contributed by atoms with Crippen molar-refractivity contribution in [3.8, 4) is 36.2 Å². The molecule has 440 valence electrons. The number of aromatic amines is 2. The second kappa shape index (κ2) is 25.8. The van der Waals surface area contributed by atoms with Crippen molar-refractivity contribution in [2.45, 2.75) is 145 Å². The first-order chi connectivity index (χ1) is 38.9. The number of fused-ring (bicyclic) bond motifs is 1. The summed E-state index contributed by atoms with van der Waals surface area (Å²) in [5.41, 5.74) is -0.990. The quantitative estimate of drug-likeness (QED) is 0.0257. The van der Waals surface area contributed by atoms with Crippen LogP contribution in [0.5, 0.6) is 11.5 Å². The molecule has 5 aromatic rings. The summed E-state index contributed by atoms with van der Waals surface area (Å²) in [5.74, 6) is 2.77. The van der Waals surface area contributed by atoms with Crippen LogP contribution in [0.1, 0.15) is 90.2 Å². The number of carbonyl (C=O) groups excluding carboxylic acids is 2. The van der Waals surface area contributed by atoms with Crippen molar-refractivity contribution >= 4 is 65.9 Å². The van der Waals surface area contributed by atoms with Crippen LogP contribution in [0.15, 0.2) is 87.6 Å². The highest BCUT2D eigenvalue weighted by Crippen LogP contribution is 2.50. The fourth-order valence-corrected chi connectivity index (χ4v) is 14.4. The van der Waals surface area contributed by atoms with Crippen molar-refractivity contribution in [3.63, 3.8) is 0 Å². The summed E-state index contributed by atoms with van der Waals surface area (Å²) in [5, 5.41) is 52.0. The Kier molecular flexibility index (Phi) is 19.4. The van der Waals surface area contributed by atoms with E-state index in [4.69, 9.17) is 79.2 Å². The number of imidazole rings is 1. The lowest BCUT2D eigenvalue weighted by atomic mass is 9.81. The van der Waals surface area contributed by atoms with Gasteiger partial charge >= 0.3 is 30.9 Å². The van der Waals surface area contributed by atoms with E-state index in [0.717, 1.165) is 36.0 Å². The van der Waals surface area contributed by atoms with E-state index in [0.29, 0.717) is 24.8 Å². The molecule has 82 heavy (non-hydrogen) atoms. The van der Waals surface area contributed by atoms with Crippen LogP contribution in [0.3, 0.4) is 0 Å². The van der Waals surface area contributed by atoms with Gasteiger partial charge in [0.05, 0.1) is 25.6 Å². The van der Waals surface area contributed by atoms with Crippen molar-refractivity contribution in [3.05, 3.63) is 110 Å². The molecule has 3 aliphatic rings. The fourth-order valence-electron chi connectivity index (χ4n) is 9.68. The predicted octanol–water partition coefficient (Wildman–Crippen LogP) is 2.39. The van der Waals surface area contributed by atoms with E-state index >= 15 is 0 Å². The maximum atomic E-state index is 14.2. The van der Waals surface area contributed by atoms with Crippen LogP contribution in [-0.4, -0.2) is 135 Å². The molecule has 8 rings (SSSR count). The highest BCUT2D eigenvalue weighted by atomic mass is 32.5. The second-order valence-electron chi connectivity index (χ2n) is 20.0. The topological polar surface area (TPSA) is 357 Å². The van der Waals surface area contributed by atoms with Crippen LogP contribution in [0.2, 0.25) is 0 Å². The molecule has 30 heteroatoms. The third-order valence-corrected chi connectivity index (χ3v) is 18.7. The van der Waals surface area contributed by atoms with Gasteiger partial charge in [0.2, 0.25) is 5.95 Å². The molecule has 2 aromatic carbocycles. The number of carbonyl (C=O) groups is 2. The van der Waals surface area contributed by atoms with Gasteiger partial charge in [0.15, 0.2) is 34.8 Å². The molecule has 0 amide bonds. The van der Waals surface area contributed by atoms with Crippen molar-refractivity contribution < 1.29 is 67.1 Å². The SMILES string of the molecule is C#CC1(O)C(O)C(COP(=S)(NC(CCC)C(=O)OC(C)C)Oc2cccc(C3CCCCC3OC(=O)C(C)NP(=S)(OCC3OC(n4cnc5c(=O)[nH]c(N)nc54)C(O)(C#C)C3O)Oc3ccccc3)c2)OC1n1ccc(=O)[nH]c1=O. The van der Waals surface area contributed by atoms with Gasteiger partial charge in [-0.25, -0.2) is 20.0 Å². The van der Waals surface area contributed by atoms with Gasteiger partial charge < -0.3 is 63.2 Å². The van der Waals surface area contributed by atoms with E-state index in [1.165, 1.54) is 11.5 Å². The Labute approximate surface area is 479 Å². The van der Waals surface area contributed by atoms with E-state index in [1.807, 2.05) is 13.0 Å². The molecule has 5 heterocycles. The summed E-state index contributed by atoms with van der Waals surface area (Å²) in [6.45, 7) is -2.10. The number of H-pyrrole nitrogens is 2. The van der Waals surface area contributed by atoms with Crippen molar-refractivity contribution in [2.75, 3.05) is 18.9 Å². The number of nitrogen functional groups attached to an aromatic ring is 1. The van der Waals surface area contributed by atoms with Crippen LogP contribution >= 0.6 is 13.3 Å². The minimum atomic E-state index is -3.92. The monoisotopic (exact) mass is 1210 g/mol. The number of rotatable bonds is 23. The Morgan fingerprint density at radius 2 is 1.48 bits per heavy atom. The number of nitrogens with one attached hydrogen (secondary N) is 4. The summed E-state index contributed by atoms with van der Waals surface area (Å²) in [6.07, 6.45) is 6.14. The van der Waals surface area contributed by atoms with Crippen LogP contribution in [0.4, 0.5) is 5.95 Å². The maximum absolute atomic E-state index is 14.2. The minimum Gasteiger partial charge on any atom is -0.462 e. The van der Waals surface area contributed by atoms with Gasteiger partial charge in [-0.3, -0.25) is 38.3 Å². The number of benzene rings is 2. The number of hydrogen-bond acceptors (Lipinski definition) is 22. The van der Waals surface area contributed by atoms with Crippen molar-refractivity contribution in [2.24, 2.45) is 0 Å². The van der Waals surface area contributed by atoms with Gasteiger partial charge in [0, 0.05) is 18.2 Å². The molecule has 26 nitrogen and oxygen atoms in total. The Morgan fingerprint density at radius 1 is 0.866 bits per heavy atom. The van der Waals surface area contributed by atoms with Gasteiger partial charge in [-0.1, -0.05) is 61.9 Å². The van der Waals surface area contributed by atoms with Gasteiger partial charge in [-0.2, -0.15) is 4.98 Å². The molecule has 0 bridgehead atoms. The number of terminal acetylenes is 2. The summed E-state index contributed by atoms with van der Waals surface area (Å²) < 4.78 is 51.0. The Morgan fingerprint density at radius 3 is 2.10 bits per heavy atom. The largest absolute Gasteiger partial charge is 0.462 e. The van der Waals surface area contributed by atoms with Crippen LogP contribution in [-0.2, 0) is 61.2 Å². The number of anilines is 1. The molecule has 14 atom stereocenters. The molecule has 3 fully saturated rings. The molecule has 10 N–H and O–H groups in total. The van der Waals surface area contributed by atoms with Crippen molar-refractivity contribution in [1.82, 2.24) is 39.2 Å². The first-order valence-corrected chi connectivity index (χ1v) is 31.3. The summed E-state index contributed by atoms with van der Waals surface area (Å²) in [7, 11) is 0. The molecule has 2 saturated heterocycles. The molecule has 14 unspecified atom stereocenters. The number of nitrogens with zero attached hydrogens (tertiary/aromatic N) is 4. The zero-order valence-corrected chi connectivity index (χ0v) is 48.2. The number of aliphatic hydroxyl groups excluding tert-OH is 2. The minimum absolute atomic E-state index is 0.0836. The zero-order chi connectivity index (χ0) is 59.3. The normalized spacial score (nSPS) is 27.5. The van der Waals surface area contributed by atoms with E-state index in [-0.39, 0.29) is 40.9 Å². The smallest absolute Gasteiger partial charge is 0.330 e. The highest BCUT2D eigenvalue weighted by molar-refractivity contribution is 8.09. The van der Waals surface area contributed by atoms with Crippen LogP contribution in [0.25, 0.3) is 11.2 Å². The highest BCUT2D eigenvalue weighted by Gasteiger charge is 2.58. The number of ether oxygens (including phenoxy) is 4. The van der Waals surface area contributed by atoms with Crippen molar-refractivity contribution in [1.29, 1.82) is 0 Å². The van der Waals surface area contributed by atoms with E-state index in [1.54, 1.807) is 62.4 Å². The van der Waals surface area contributed by atoms with Gasteiger partial charge in [0.25, 0.3) is 11.1 Å². The Bertz CT molecular complexity index is 3500. The molecule has 0 spiro atoms. The number of esters is 2. The number of nitrogens with two attached hydrogens (primary N) is 1. The first-order valence-electron chi connectivity index (χ1n) is 26.0. The molecule has 1 aliphatic carbocycles. The average Bonchev–Trinajstić information content (AvgIpc) is 3.61. The first kappa shape index (κ1) is 61.9. The van der Waals surface area contributed by atoms with Gasteiger partial charge in [0.1, 0.15) is 54.1 Å². The number of hydrogen-bond donors (Lipinski definition) is 9. The van der Waals surface area contributed by atoms with E-state index < -0.39 is 128 Å². The number of aliphatic hydroxyl groups is 4. The fraction of sp³-hybridized carbons (Fsp3) is 0.481. The molecular formula is C52H63N9O17P2S2. The molecule has 3 aromatic heterocycles. The van der Waals surface area contributed by atoms with E-state index in [9.17, 15) is 44.4 Å². The lowest BCUT2D eigenvalue weighted by Gasteiger charge is -2.33. The predicted molar refractivity (Wildman–Crippen MR) is 303 cm³/mol. The zero-order valence-electron chi connectivity index (χ0n) is 44.8. The Balaban J connectivity index is 0.990. The summed E-state index contributed by atoms with van der Waals surface area (Å²) in [6, 6.07) is 14.1. The van der Waals surface area contributed by atoms with Gasteiger partial charge in [-0.15, -0.1) is 12.8 Å². The Hall–Kier alpha value is -6.17. The summed E-state index contributed by atoms with van der Waals surface area (Å²) in [4.78, 5) is 77.5. The third-order valence-electron chi connectivity index (χ3n) is 13.7. The molecule has 1 saturated carbocycles. The molecule has 2 aliphatic heterocycles. The van der Waals surface area contributed by atoms with E-state index in [2.05, 4.69) is 42.0 Å². The second-order valence-corrected chi connectivity index (χ2v) is 26.3. The summed E-state index contributed by atoms with van der Waals surface area (Å²) >= 11 is 12.1. The maximum Gasteiger partial charge on any atom is 0.330 e.